The maximum absolute atomic E-state index is 5.19. The first-order valence-corrected chi connectivity index (χ1v) is 7.22. The van der Waals surface area contributed by atoms with Crippen LogP contribution in [-0.4, -0.2) is 12.1 Å². The van der Waals surface area contributed by atoms with Crippen molar-refractivity contribution in [3.05, 3.63) is 45.5 Å². The summed E-state index contributed by atoms with van der Waals surface area (Å²) in [7, 11) is 1.66. The van der Waals surface area contributed by atoms with Crippen LogP contribution in [0.15, 0.2) is 55.4 Å². The van der Waals surface area contributed by atoms with Gasteiger partial charge in [-0.15, -0.1) is 0 Å². The SMILES string of the molecule is COc1cccc(Sc2ncc(Br)cc2Br)c1. The van der Waals surface area contributed by atoms with Gasteiger partial charge in [0.1, 0.15) is 10.8 Å². The van der Waals surface area contributed by atoms with Gasteiger partial charge in [-0.1, -0.05) is 17.8 Å². The highest BCUT2D eigenvalue weighted by Crippen LogP contribution is 2.34. The second-order valence-electron chi connectivity index (χ2n) is 3.22. The highest BCUT2D eigenvalue weighted by Gasteiger charge is 2.05. The molecule has 2 nitrogen and oxygen atoms in total. The van der Waals surface area contributed by atoms with Crippen LogP contribution in [0.1, 0.15) is 0 Å². The smallest absolute Gasteiger partial charge is 0.119 e. The fourth-order valence-corrected chi connectivity index (χ4v) is 3.29. The van der Waals surface area contributed by atoms with Crippen LogP contribution in [-0.2, 0) is 0 Å². The molecular formula is C12H9Br2NOS. The molecule has 5 heteroatoms. The number of aromatic nitrogens is 1. The molecule has 0 amide bonds. The minimum absolute atomic E-state index is 0.850. The molecule has 1 aromatic heterocycles. The van der Waals surface area contributed by atoms with Gasteiger partial charge in [0.15, 0.2) is 0 Å². The Morgan fingerprint density at radius 1 is 1.24 bits per heavy atom. The topological polar surface area (TPSA) is 22.1 Å². The summed E-state index contributed by atoms with van der Waals surface area (Å²) in [6, 6.07) is 9.89. The van der Waals surface area contributed by atoms with Crippen LogP contribution in [0.4, 0.5) is 0 Å². The molecule has 0 saturated heterocycles. The Bertz CT molecular complexity index is 534. The molecule has 88 valence electrons. The monoisotopic (exact) mass is 373 g/mol. The van der Waals surface area contributed by atoms with Gasteiger partial charge in [0, 0.05) is 15.6 Å². The van der Waals surface area contributed by atoms with Gasteiger partial charge in [0.05, 0.1) is 11.6 Å². The molecule has 0 radical (unpaired) electrons. The second-order valence-corrected chi connectivity index (χ2v) is 6.05. The van der Waals surface area contributed by atoms with Crippen LogP contribution in [0.2, 0.25) is 0 Å². The van der Waals surface area contributed by atoms with Crippen molar-refractivity contribution >= 4 is 43.6 Å². The molecule has 0 saturated carbocycles. The molecule has 17 heavy (non-hydrogen) atoms. The highest BCUT2D eigenvalue weighted by molar-refractivity contribution is 9.11. The Labute approximate surface area is 121 Å². The van der Waals surface area contributed by atoms with Crippen LogP contribution in [0.5, 0.6) is 5.75 Å². The molecule has 0 bridgehead atoms. The lowest BCUT2D eigenvalue weighted by Gasteiger charge is -2.05. The first kappa shape index (κ1) is 12.9. The summed E-state index contributed by atoms with van der Waals surface area (Å²) in [6.45, 7) is 0. The van der Waals surface area contributed by atoms with Crippen molar-refractivity contribution in [2.75, 3.05) is 7.11 Å². The number of hydrogen-bond donors (Lipinski definition) is 0. The van der Waals surface area contributed by atoms with E-state index in [-0.39, 0.29) is 0 Å². The van der Waals surface area contributed by atoms with Gasteiger partial charge in [-0.25, -0.2) is 4.98 Å². The molecule has 2 aromatic rings. The average molecular weight is 375 g/mol. The summed E-state index contributed by atoms with van der Waals surface area (Å²) in [6.07, 6.45) is 1.78. The van der Waals surface area contributed by atoms with Crippen molar-refractivity contribution < 1.29 is 4.74 Å². The van der Waals surface area contributed by atoms with Crippen LogP contribution >= 0.6 is 43.6 Å². The molecule has 1 aromatic carbocycles. The number of ether oxygens (including phenoxy) is 1. The number of pyridine rings is 1. The Morgan fingerprint density at radius 2 is 2.06 bits per heavy atom. The highest BCUT2D eigenvalue weighted by atomic mass is 79.9. The second kappa shape index (κ2) is 5.89. The first-order chi connectivity index (χ1) is 8.19. The first-order valence-electron chi connectivity index (χ1n) is 4.82. The minimum atomic E-state index is 0.850. The van der Waals surface area contributed by atoms with Gasteiger partial charge in [0.25, 0.3) is 0 Å². The van der Waals surface area contributed by atoms with E-state index in [1.54, 1.807) is 25.1 Å². The molecule has 0 aliphatic rings. The average Bonchev–Trinajstić information content (AvgIpc) is 2.33. The molecule has 0 N–H and O–H groups in total. The van der Waals surface area contributed by atoms with E-state index in [9.17, 15) is 0 Å². The van der Waals surface area contributed by atoms with E-state index in [1.807, 2.05) is 30.3 Å². The zero-order valence-corrected chi connectivity index (χ0v) is 13.0. The Kier molecular flexibility index (Phi) is 4.48. The van der Waals surface area contributed by atoms with E-state index >= 15 is 0 Å². The van der Waals surface area contributed by atoms with Crippen molar-refractivity contribution in [3.8, 4) is 5.75 Å². The number of benzene rings is 1. The lowest BCUT2D eigenvalue weighted by molar-refractivity contribution is 0.413. The maximum atomic E-state index is 5.19. The Morgan fingerprint density at radius 3 is 2.76 bits per heavy atom. The van der Waals surface area contributed by atoms with Gasteiger partial charge < -0.3 is 4.74 Å². The third-order valence-electron chi connectivity index (χ3n) is 2.03. The van der Waals surface area contributed by atoms with Crippen LogP contribution in [0, 0.1) is 0 Å². The van der Waals surface area contributed by atoms with Gasteiger partial charge in [-0.2, -0.15) is 0 Å². The maximum Gasteiger partial charge on any atom is 0.119 e. The summed E-state index contributed by atoms with van der Waals surface area (Å²) < 4.78 is 7.12. The van der Waals surface area contributed by atoms with Crippen molar-refractivity contribution in [3.63, 3.8) is 0 Å². The summed E-state index contributed by atoms with van der Waals surface area (Å²) in [5, 5.41) is 0.932. The molecule has 2 rings (SSSR count). The minimum Gasteiger partial charge on any atom is -0.497 e. The number of nitrogens with zero attached hydrogens (tertiary/aromatic N) is 1. The number of hydrogen-bond acceptors (Lipinski definition) is 3. The van der Waals surface area contributed by atoms with Gasteiger partial charge in [-0.3, -0.25) is 0 Å². The fraction of sp³-hybridized carbons (Fsp3) is 0.0833. The molecule has 0 unspecified atom stereocenters. The number of rotatable bonds is 3. The lowest BCUT2D eigenvalue weighted by Crippen LogP contribution is -1.84. The van der Waals surface area contributed by atoms with Crippen molar-refractivity contribution in [2.24, 2.45) is 0 Å². The quantitative estimate of drug-likeness (QED) is 0.772. The van der Waals surface area contributed by atoms with Crippen LogP contribution in [0.25, 0.3) is 0 Å². The lowest BCUT2D eigenvalue weighted by atomic mass is 10.3. The zero-order valence-electron chi connectivity index (χ0n) is 8.98. The number of halogens is 2. The van der Waals surface area contributed by atoms with E-state index in [0.717, 1.165) is 24.6 Å². The van der Waals surface area contributed by atoms with Crippen molar-refractivity contribution in [1.82, 2.24) is 4.98 Å². The zero-order chi connectivity index (χ0) is 12.3. The van der Waals surface area contributed by atoms with Crippen LogP contribution in [0.3, 0.4) is 0 Å². The molecule has 0 aliphatic heterocycles. The Hall–Kier alpha value is -0.520. The standard InChI is InChI=1S/C12H9Br2NOS/c1-16-9-3-2-4-10(6-9)17-12-11(14)5-8(13)7-15-12/h2-7H,1H3. The summed E-state index contributed by atoms with van der Waals surface area (Å²) >= 11 is 8.47. The van der Waals surface area contributed by atoms with E-state index in [4.69, 9.17) is 4.74 Å². The largest absolute Gasteiger partial charge is 0.497 e. The van der Waals surface area contributed by atoms with E-state index < -0.39 is 0 Å². The van der Waals surface area contributed by atoms with Crippen molar-refractivity contribution in [1.29, 1.82) is 0 Å². The van der Waals surface area contributed by atoms with Gasteiger partial charge in [-0.05, 0) is 56.1 Å². The van der Waals surface area contributed by atoms with E-state index in [1.165, 1.54) is 0 Å². The molecular weight excluding hydrogens is 366 g/mol. The predicted octanol–water partition coefficient (Wildman–Crippen LogP) is 4.77. The predicted molar refractivity (Wildman–Crippen MR) is 76.8 cm³/mol. The van der Waals surface area contributed by atoms with Crippen LogP contribution < -0.4 is 4.74 Å². The third kappa shape index (κ3) is 3.47. The van der Waals surface area contributed by atoms with Gasteiger partial charge in [0.2, 0.25) is 0 Å². The fourth-order valence-electron chi connectivity index (χ4n) is 1.25. The molecule has 1 heterocycles. The summed E-state index contributed by atoms with van der Waals surface area (Å²) in [5.74, 6) is 0.850. The van der Waals surface area contributed by atoms with E-state index in [2.05, 4.69) is 36.8 Å². The summed E-state index contributed by atoms with van der Waals surface area (Å²) in [5.41, 5.74) is 0. The third-order valence-corrected chi connectivity index (χ3v) is 4.34. The normalized spacial score (nSPS) is 10.3. The summed E-state index contributed by atoms with van der Waals surface area (Å²) in [4.78, 5) is 5.45. The molecule has 0 atom stereocenters. The van der Waals surface area contributed by atoms with E-state index in [0.29, 0.717) is 0 Å². The van der Waals surface area contributed by atoms with Gasteiger partial charge >= 0.3 is 0 Å². The van der Waals surface area contributed by atoms with Crippen molar-refractivity contribution in [2.45, 2.75) is 9.92 Å². The molecule has 0 aliphatic carbocycles. The Balaban J connectivity index is 2.25. The number of methoxy groups -OCH3 is 1. The molecule has 0 fully saturated rings. The molecule has 0 spiro atoms.